The van der Waals surface area contributed by atoms with Crippen LogP contribution in [0.2, 0.25) is 0 Å². The van der Waals surface area contributed by atoms with Crippen LogP contribution in [0.25, 0.3) is 11.3 Å². The summed E-state index contributed by atoms with van der Waals surface area (Å²) in [5, 5.41) is 10.7. The molecule has 0 N–H and O–H groups in total. The zero-order valence-electron chi connectivity index (χ0n) is 21.1. The van der Waals surface area contributed by atoms with Crippen LogP contribution >= 0.6 is 11.3 Å². The number of hydrogen-bond donors (Lipinski definition) is 0. The standard InChI is InChI=1S/C27H31N5O4S/c1-4-12-32(27(34)24-7-5-17-37-24)19-26(33)31-14-6-13-30(15-16-31)25-11-10-22(28-29-25)21-9-8-20(35-2)18-23(21)36-3/h4-5,7-11,17-18H,1,6,12-16,19H2,2-3H3. The minimum absolute atomic E-state index is 0.0287. The number of methoxy groups -OCH3 is 2. The summed E-state index contributed by atoms with van der Waals surface area (Å²) in [6.07, 6.45) is 2.44. The van der Waals surface area contributed by atoms with Gasteiger partial charge in [0.25, 0.3) is 5.91 Å². The Labute approximate surface area is 220 Å². The fraction of sp³-hybridized carbons (Fsp3) is 0.333. The number of thiophene rings is 1. The molecule has 0 bridgehead atoms. The molecule has 1 fully saturated rings. The minimum atomic E-state index is -0.149. The van der Waals surface area contributed by atoms with Crippen LogP contribution in [0, 0.1) is 0 Å². The molecule has 0 spiro atoms. The van der Waals surface area contributed by atoms with Crippen molar-refractivity contribution in [3.05, 3.63) is 65.4 Å². The molecule has 4 rings (SSSR count). The van der Waals surface area contributed by atoms with Crippen molar-refractivity contribution in [1.29, 1.82) is 0 Å². The molecule has 0 radical (unpaired) electrons. The van der Waals surface area contributed by atoms with Crippen molar-refractivity contribution in [2.24, 2.45) is 0 Å². The number of nitrogens with zero attached hydrogens (tertiary/aromatic N) is 5. The number of carbonyl (C=O) groups excluding carboxylic acids is 2. The van der Waals surface area contributed by atoms with E-state index in [1.165, 1.54) is 11.3 Å². The van der Waals surface area contributed by atoms with Crippen molar-refractivity contribution in [2.75, 3.05) is 58.4 Å². The van der Waals surface area contributed by atoms with Crippen LogP contribution in [0.5, 0.6) is 11.5 Å². The largest absolute Gasteiger partial charge is 0.497 e. The SMILES string of the molecule is C=CCN(CC(=O)N1CCCN(c2ccc(-c3ccc(OC)cc3OC)nn2)CC1)C(=O)c1cccs1. The predicted molar refractivity (Wildman–Crippen MR) is 144 cm³/mol. The lowest BCUT2D eigenvalue weighted by atomic mass is 10.1. The maximum Gasteiger partial charge on any atom is 0.264 e. The normalized spacial score (nSPS) is 13.6. The van der Waals surface area contributed by atoms with Crippen LogP contribution in [0.1, 0.15) is 16.1 Å². The Morgan fingerprint density at radius 2 is 1.95 bits per heavy atom. The Kier molecular flexibility index (Phi) is 8.73. The first-order valence-electron chi connectivity index (χ1n) is 12.1. The number of benzene rings is 1. The topological polar surface area (TPSA) is 88.1 Å². The van der Waals surface area contributed by atoms with Crippen LogP contribution in [0.3, 0.4) is 0 Å². The first-order valence-corrected chi connectivity index (χ1v) is 12.9. The summed E-state index contributed by atoms with van der Waals surface area (Å²) < 4.78 is 10.8. The summed E-state index contributed by atoms with van der Waals surface area (Å²) in [4.78, 5) is 32.0. The Bertz CT molecular complexity index is 1220. The van der Waals surface area contributed by atoms with Gasteiger partial charge in [-0.1, -0.05) is 12.1 Å². The molecule has 9 nitrogen and oxygen atoms in total. The van der Waals surface area contributed by atoms with Gasteiger partial charge in [0.05, 0.1) is 24.8 Å². The van der Waals surface area contributed by atoms with Crippen molar-refractivity contribution in [3.8, 4) is 22.8 Å². The van der Waals surface area contributed by atoms with E-state index in [0.29, 0.717) is 48.2 Å². The molecule has 2 amide bonds. The first-order chi connectivity index (χ1) is 18.0. The third-order valence-corrected chi connectivity index (χ3v) is 7.06. The van der Waals surface area contributed by atoms with Gasteiger partial charge in [0, 0.05) is 44.4 Å². The molecule has 1 saturated heterocycles. The highest BCUT2D eigenvalue weighted by molar-refractivity contribution is 7.12. The molecule has 3 heterocycles. The van der Waals surface area contributed by atoms with E-state index in [9.17, 15) is 9.59 Å². The molecular weight excluding hydrogens is 490 g/mol. The van der Waals surface area contributed by atoms with Crippen molar-refractivity contribution in [1.82, 2.24) is 20.0 Å². The van der Waals surface area contributed by atoms with Crippen LogP contribution in [-0.2, 0) is 4.79 Å². The van der Waals surface area contributed by atoms with Gasteiger partial charge >= 0.3 is 0 Å². The Morgan fingerprint density at radius 1 is 1.08 bits per heavy atom. The number of hydrogen-bond acceptors (Lipinski definition) is 8. The summed E-state index contributed by atoms with van der Waals surface area (Å²) >= 11 is 1.37. The summed E-state index contributed by atoms with van der Waals surface area (Å²) in [5.74, 6) is 1.91. The number of carbonyl (C=O) groups is 2. The molecule has 37 heavy (non-hydrogen) atoms. The molecular formula is C27H31N5O4S. The lowest BCUT2D eigenvalue weighted by Gasteiger charge is -2.26. The fourth-order valence-corrected chi connectivity index (χ4v) is 4.93. The van der Waals surface area contributed by atoms with Crippen LogP contribution in [0.4, 0.5) is 5.82 Å². The predicted octanol–water partition coefficient (Wildman–Crippen LogP) is 3.59. The zero-order chi connectivity index (χ0) is 26.2. The van der Waals surface area contributed by atoms with Gasteiger partial charge in [-0.15, -0.1) is 28.1 Å². The maximum atomic E-state index is 13.1. The van der Waals surface area contributed by atoms with Gasteiger partial charge < -0.3 is 24.2 Å². The second kappa shape index (κ2) is 12.4. The number of amides is 2. The zero-order valence-corrected chi connectivity index (χ0v) is 21.9. The van der Waals surface area contributed by atoms with E-state index in [0.717, 1.165) is 24.3 Å². The van der Waals surface area contributed by atoms with E-state index >= 15 is 0 Å². The molecule has 0 saturated carbocycles. The summed E-state index contributed by atoms with van der Waals surface area (Å²) in [6.45, 7) is 6.65. The highest BCUT2D eigenvalue weighted by Crippen LogP contribution is 2.32. The van der Waals surface area contributed by atoms with Gasteiger partial charge in [0.2, 0.25) is 5.91 Å². The highest BCUT2D eigenvalue weighted by atomic mass is 32.1. The third-order valence-electron chi connectivity index (χ3n) is 6.20. The van der Waals surface area contributed by atoms with Gasteiger partial charge in [0.15, 0.2) is 5.82 Å². The Hall–Kier alpha value is -3.92. The van der Waals surface area contributed by atoms with Crippen LogP contribution < -0.4 is 14.4 Å². The van der Waals surface area contributed by atoms with E-state index < -0.39 is 0 Å². The number of aromatic nitrogens is 2. The summed E-state index contributed by atoms with van der Waals surface area (Å²) in [5.41, 5.74) is 1.53. The molecule has 0 atom stereocenters. The molecule has 1 aliphatic rings. The van der Waals surface area contributed by atoms with E-state index in [4.69, 9.17) is 9.47 Å². The molecule has 1 aliphatic heterocycles. The van der Waals surface area contributed by atoms with Gasteiger partial charge in [-0.25, -0.2) is 0 Å². The second-order valence-corrected chi connectivity index (χ2v) is 9.46. The van der Waals surface area contributed by atoms with Gasteiger partial charge in [-0.05, 0) is 42.1 Å². The molecule has 3 aromatic rings. The smallest absolute Gasteiger partial charge is 0.264 e. The quantitative estimate of drug-likeness (QED) is 0.398. The number of rotatable bonds is 9. The van der Waals surface area contributed by atoms with Crippen molar-refractivity contribution in [3.63, 3.8) is 0 Å². The minimum Gasteiger partial charge on any atom is -0.497 e. The van der Waals surface area contributed by atoms with Crippen LogP contribution in [0.15, 0.2) is 60.5 Å². The fourth-order valence-electron chi connectivity index (χ4n) is 4.24. The molecule has 2 aromatic heterocycles. The second-order valence-electron chi connectivity index (χ2n) is 8.52. The van der Waals surface area contributed by atoms with Gasteiger partial charge in [-0.2, -0.15) is 0 Å². The maximum absolute atomic E-state index is 13.1. The van der Waals surface area contributed by atoms with Crippen molar-refractivity contribution < 1.29 is 19.1 Å². The summed E-state index contributed by atoms with van der Waals surface area (Å²) in [7, 11) is 3.22. The highest BCUT2D eigenvalue weighted by Gasteiger charge is 2.24. The van der Waals surface area contributed by atoms with Gasteiger partial charge in [0.1, 0.15) is 18.0 Å². The van der Waals surface area contributed by atoms with E-state index in [2.05, 4.69) is 21.7 Å². The Balaban J connectivity index is 1.39. The van der Waals surface area contributed by atoms with E-state index in [1.54, 1.807) is 31.3 Å². The lowest BCUT2D eigenvalue weighted by molar-refractivity contribution is -0.131. The van der Waals surface area contributed by atoms with Gasteiger partial charge in [-0.3, -0.25) is 9.59 Å². The average Bonchev–Trinajstić information content (AvgIpc) is 3.36. The van der Waals surface area contributed by atoms with Crippen molar-refractivity contribution in [2.45, 2.75) is 6.42 Å². The molecule has 194 valence electrons. The van der Waals surface area contributed by atoms with Crippen molar-refractivity contribution >= 4 is 29.0 Å². The van der Waals surface area contributed by atoms with E-state index in [1.807, 2.05) is 46.7 Å². The van der Waals surface area contributed by atoms with E-state index in [-0.39, 0.29) is 18.4 Å². The number of ether oxygens (including phenoxy) is 2. The average molecular weight is 522 g/mol. The monoisotopic (exact) mass is 521 g/mol. The summed E-state index contributed by atoms with van der Waals surface area (Å²) in [6, 6.07) is 13.0. The molecule has 0 aliphatic carbocycles. The molecule has 10 heteroatoms. The van der Waals surface area contributed by atoms with Crippen LogP contribution in [-0.4, -0.2) is 85.3 Å². The lowest BCUT2D eigenvalue weighted by Crippen LogP contribution is -2.44. The molecule has 1 aromatic carbocycles. The third kappa shape index (κ3) is 6.26. The Morgan fingerprint density at radius 3 is 2.62 bits per heavy atom. The first kappa shape index (κ1) is 26.2. The number of anilines is 1. The molecule has 0 unspecified atom stereocenters.